The molecule has 0 bridgehead atoms. The van der Waals surface area contributed by atoms with Crippen LogP contribution in [0.1, 0.15) is 24.5 Å². The van der Waals surface area contributed by atoms with Crippen molar-refractivity contribution >= 4 is 5.97 Å². The van der Waals surface area contributed by atoms with E-state index >= 15 is 0 Å². The second kappa shape index (κ2) is 6.44. The summed E-state index contributed by atoms with van der Waals surface area (Å²) in [6, 6.07) is 6.31. The van der Waals surface area contributed by atoms with Crippen molar-refractivity contribution < 1.29 is 14.3 Å². The molecule has 0 amide bonds. The van der Waals surface area contributed by atoms with Crippen LogP contribution in [-0.2, 0) is 14.9 Å². The summed E-state index contributed by atoms with van der Waals surface area (Å²) in [5.74, 6) is 0.666. The van der Waals surface area contributed by atoms with Crippen LogP contribution in [0.2, 0.25) is 0 Å². The third-order valence-corrected chi connectivity index (χ3v) is 4.80. The molecule has 4 nitrogen and oxygen atoms in total. The lowest BCUT2D eigenvalue weighted by molar-refractivity contribution is -0.138. The normalized spacial score (nSPS) is 26.2. The van der Waals surface area contributed by atoms with Crippen molar-refractivity contribution in [1.82, 2.24) is 4.90 Å². The smallest absolute Gasteiger partial charge is 0.331 e. The van der Waals surface area contributed by atoms with Crippen molar-refractivity contribution in [2.45, 2.75) is 31.8 Å². The number of esters is 1. The molecule has 128 valence electrons. The molecule has 0 fully saturated rings. The summed E-state index contributed by atoms with van der Waals surface area (Å²) >= 11 is 0. The Morgan fingerprint density at radius 3 is 3.00 bits per heavy atom. The van der Waals surface area contributed by atoms with E-state index in [1.54, 1.807) is 6.08 Å². The average molecular weight is 327 g/mol. The second-order valence-corrected chi connectivity index (χ2v) is 7.12. The first-order valence-corrected chi connectivity index (χ1v) is 8.37. The highest BCUT2D eigenvalue weighted by molar-refractivity contribution is 5.83. The van der Waals surface area contributed by atoms with Crippen LogP contribution in [0.3, 0.4) is 0 Å². The number of allylic oxidation sites excluding steroid dienone is 1. The average Bonchev–Trinajstić information content (AvgIpc) is 2.79. The van der Waals surface area contributed by atoms with Gasteiger partial charge in [-0.15, -0.1) is 0 Å². The quantitative estimate of drug-likeness (QED) is 0.629. The van der Waals surface area contributed by atoms with Crippen LogP contribution in [0.15, 0.2) is 42.0 Å². The minimum Gasteiger partial charge on any atom is -0.489 e. The molecule has 0 spiro atoms. The van der Waals surface area contributed by atoms with Gasteiger partial charge in [0.05, 0.1) is 5.41 Å². The lowest BCUT2D eigenvalue weighted by atomic mass is 9.73. The molecular formula is C20H25NO3. The molecule has 2 aliphatic rings. The van der Waals surface area contributed by atoms with Crippen LogP contribution in [0.25, 0.3) is 0 Å². The standard InChI is InChI=1S/C20H25NO3/c1-14-5-6-17-16(11-14)20(2)8-7-15(12-18(20)24-17)13-19(22)23-10-9-21(3)4/h5-8,11,13,18H,9-10,12H2,1-4H3/b15-13+. The summed E-state index contributed by atoms with van der Waals surface area (Å²) in [5.41, 5.74) is 3.29. The van der Waals surface area contributed by atoms with Gasteiger partial charge in [0.15, 0.2) is 0 Å². The fraction of sp³-hybridized carbons (Fsp3) is 0.450. The largest absolute Gasteiger partial charge is 0.489 e. The van der Waals surface area contributed by atoms with Gasteiger partial charge in [-0.2, -0.15) is 0 Å². The van der Waals surface area contributed by atoms with E-state index in [1.165, 1.54) is 11.1 Å². The Bertz CT molecular complexity index is 705. The SMILES string of the molecule is Cc1ccc2c(c1)C1(C)C=C/C(=C\C(=O)OCCN(C)C)CC1O2. The molecule has 0 N–H and O–H groups in total. The van der Waals surface area contributed by atoms with Crippen LogP contribution < -0.4 is 4.74 Å². The third kappa shape index (κ3) is 3.24. The molecule has 1 aromatic rings. The Balaban J connectivity index is 1.72. The molecule has 0 radical (unpaired) electrons. The Labute approximate surface area is 143 Å². The maximum Gasteiger partial charge on any atom is 0.331 e. The van der Waals surface area contributed by atoms with Crippen LogP contribution in [0.5, 0.6) is 5.75 Å². The Morgan fingerprint density at radius 2 is 2.25 bits per heavy atom. The van der Waals surface area contributed by atoms with Crippen LogP contribution in [-0.4, -0.2) is 44.2 Å². The van der Waals surface area contributed by atoms with E-state index in [0.717, 1.165) is 17.9 Å². The number of ether oxygens (including phenoxy) is 2. The summed E-state index contributed by atoms with van der Waals surface area (Å²) in [7, 11) is 3.90. The van der Waals surface area contributed by atoms with Crippen molar-refractivity contribution in [3.05, 3.63) is 53.1 Å². The number of nitrogens with zero attached hydrogens (tertiary/aromatic N) is 1. The first-order valence-electron chi connectivity index (χ1n) is 8.37. The molecule has 2 unspecified atom stereocenters. The predicted molar refractivity (Wildman–Crippen MR) is 94.3 cm³/mol. The Morgan fingerprint density at radius 1 is 1.46 bits per heavy atom. The van der Waals surface area contributed by atoms with Gasteiger partial charge in [0.25, 0.3) is 0 Å². The molecule has 1 heterocycles. The predicted octanol–water partition coefficient (Wildman–Crippen LogP) is 3.00. The molecule has 0 saturated heterocycles. The topological polar surface area (TPSA) is 38.8 Å². The number of aryl methyl sites for hydroxylation is 1. The molecule has 1 aliphatic heterocycles. The number of hydrogen-bond acceptors (Lipinski definition) is 4. The van der Waals surface area contributed by atoms with Crippen LogP contribution in [0.4, 0.5) is 0 Å². The lowest BCUT2D eigenvalue weighted by Gasteiger charge is -2.31. The van der Waals surface area contributed by atoms with Crippen molar-refractivity contribution in [3.8, 4) is 5.75 Å². The minimum atomic E-state index is -0.286. The molecule has 4 heteroatoms. The van der Waals surface area contributed by atoms with Gasteiger partial charge in [0, 0.05) is 24.6 Å². The number of fused-ring (bicyclic) bond motifs is 3. The van der Waals surface area contributed by atoms with Gasteiger partial charge in [-0.05, 0) is 39.6 Å². The van der Waals surface area contributed by atoms with Gasteiger partial charge in [0.1, 0.15) is 18.5 Å². The van der Waals surface area contributed by atoms with Crippen molar-refractivity contribution in [1.29, 1.82) is 0 Å². The van der Waals surface area contributed by atoms with E-state index in [1.807, 2.05) is 31.1 Å². The summed E-state index contributed by atoms with van der Waals surface area (Å²) in [6.45, 7) is 5.43. The van der Waals surface area contributed by atoms with Crippen molar-refractivity contribution in [3.63, 3.8) is 0 Å². The third-order valence-electron chi connectivity index (χ3n) is 4.80. The second-order valence-electron chi connectivity index (χ2n) is 7.12. The van der Waals surface area contributed by atoms with E-state index in [0.29, 0.717) is 13.0 Å². The number of rotatable bonds is 4. The van der Waals surface area contributed by atoms with Gasteiger partial charge >= 0.3 is 5.97 Å². The molecule has 0 saturated carbocycles. The Hall–Kier alpha value is -2.07. The molecule has 1 aromatic carbocycles. The summed E-state index contributed by atoms with van der Waals surface area (Å²) in [6.07, 6.45) is 6.52. The van der Waals surface area contributed by atoms with Crippen molar-refractivity contribution in [2.24, 2.45) is 0 Å². The fourth-order valence-corrected chi connectivity index (χ4v) is 3.26. The molecule has 24 heavy (non-hydrogen) atoms. The molecule has 2 atom stereocenters. The summed E-state index contributed by atoms with van der Waals surface area (Å²) in [5, 5.41) is 0. The number of likely N-dealkylation sites (N-methyl/N-ethyl adjacent to an activating group) is 1. The number of carbonyl (C=O) groups excluding carboxylic acids is 1. The van der Waals surface area contributed by atoms with E-state index in [4.69, 9.17) is 9.47 Å². The number of benzene rings is 1. The summed E-state index contributed by atoms with van der Waals surface area (Å²) in [4.78, 5) is 13.9. The zero-order valence-corrected chi connectivity index (χ0v) is 14.8. The fourth-order valence-electron chi connectivity index (χ4n) is 3.26. The minimum absolute atomic E-state index is 0.0279. The number of carbonyl (C=O) groups is 1. The highest BCUT2D eigenvalue weighted by atomic mass is 16.5. The van der Waals surface area contributed by atoms with E-state index in [9.17, 15) is 4.79 Å². The van der Waals surface area contributed by atoms with Gasteiger partial charge < -0.3 is 14.4 Å². The molecule has 3 rings (SSSR count). The highest BCUT2D eigenvalue weighted by Gasteiger charge is 2.45. The van der Waals surface area contributed by atoms with Crippen molar-refractivity contribution in [2.75, 3.05) is 27.2 Å². The maximum absolute atomic E-state index is 11.9. The molecule has 1 aliphatic carbocycles. The zero-order valence-electron chi connectivity index (χ0n) is 14.8. The zero-order chi connectivity index (χ0) is 17.3. The maximum atomic E-state index is 11.9. The van der Waals surface area contributed by atoms with E-state index in [-0.39, 0.29) is 17.5 Å². The van der Waals surface area contributed by atoms with Gasteiger partial charge in [-0.1, -0.05) is 29.8 Å². The van der Waals surface area contributed by atoms with E-state index < -0.39 is 0 Å². The van der Waals surface area contributed by atoms with Crippen LogP contribution in [0, 0.1) is 6.92 Å². The van der Waals surface area contributed by atoms with Gasteiger partial charge in [0.2, 0.25) is 0 Å². The highest BCUT2D eigenvalue weighted by Crippen LogP contribution is 2.48. The van der Waals surface area contributed by atoms with Gasteiger partial charge in [-0.25, -0.2) is 4.79 Å². The molecule has 0 aromatic heterocycles. The van der Waals surface area contributed by atoms with Gasteiger partial charge in [-0.3, -0.25) is 0 Å². The first kappa shape index (κ1) is 16.8. The van der Waals surface area contributed by atoms with Crippen LogP contribution >= 0.6 is 0 Å². The number of hydrogen-bond donors (Lipinski definition) is 0. The summed E-state index contributed by atoms with van der Waals surface area (Å²) < 4.78 is 11.4. The van der Waals surface area contributed by atoms with E-state index in [2.05, 4.69) is 32.1 Å². The monoisotopic (exact) mass is 327 g/mol. The lowest BCUT2D eigenvalue weighted by Crippen LogP contribution is -2.36. The first-order chi connectivity index (χ1) is 11.4. The Kier molecular flexibility index (Phi) is 4.50. The molecular weight excluding hydrogens is 302 g/mol.